The number of fused-ring (bicyclic) bond motifs is 12. The molecular weight excluding hydrogens is 827 g/mol. The first-order valence-corrected chi connectivity index (χ1v) is 28.7. The highest BCUT2D eigenvalue weighted by atomic mass is 32.2. The molecule has 0 spiro atoms. The maximum Gasteiger partial charge on any atom is 0.0857 e. The Balaban J connectivity index is 0.898. The number of thioether (sulfide) groups is 1. The molecule has 4 aliphatic heterocycles. The van der Waals surface area contributed by atoms with Crippen LogP contribution in [0.15, 0.2) is 70.0 Å². The van der Waals surface area contributed by atoms with Crippen LogP contribution in [0.2, 0.25) is 0 Å². The summed E-state index contributed by atoms with van der Waals surface area (Å²) in [6.07, 6.45) is 54.2. The highest BCUT2D eigenvalue weighted by Gasteiger charge is 2.59. The zero-order valence-corrected chi connectivity index (χ0v) is 40.4. The molecule has 0 radical (unpaired) electrons. The van der Waals surface area contributed by atoms with Crippen molar-refractivity contribution in [2.45, 2.75) is 202 Å². The van der Waals surface area contributed by atoms with E-state index in [2.05, 4.69) is 92.6 Å². The van der Waals surface area contributed by atoms with Gasteiger partial charge in [0, 0.05) is 52.0 Å². The Morgan fingerprint density at radius 1 is 0.788 bits per heavy atom. The average molecular weight is 902 g/mol. The topological polar surface area (TPSA) is 65.2 Å². The number of nitrogens with zero attached hydrogens (tertiary/aromatic N) is 3. The molecule has 6 nitrogen and oxygen atoms in total. The fourth-order valence-electron chi connectivity index (χ4n) is 17.5. The molecule has 4 saturated carbocycles. The monoisotopic (exact) mass is 902 g/mol. The Bertz CT molecular complexity index is 2370. The molecule has 1 aromatic heterocycles. The maximum absolute atomic E-state index is 11.6. The van der Waals surface area contributed by atoms with Crippen molar-refractivity contribution in [3.63, 3.8) is 0 Å². The fourth-order valence-corrected chi connectivity index (χ4v) is 19.3. The van der Waals surface area contributed by atoms with Gasteiger partial charge in [-0.2, -0.15) is 5.26 Å². The molecule has 5 heterocycles. The number of rotatable bonds is 5. The third kappa shape index (κ3) is 6.73. The lowest BCUT2D eigenvalue weighted by molar-refractivity contribution is -0.0524. The van der Waals surface area contributed by atoms with Gasteiger partial charge in [-0.3, -0.25) is 5.32 Å². The van der Waals surface area contributed by atoms with Crippen molar-refractivity contribution in [3.8, 4) is 6.07 Å². The van der Waals surface area contributed by atoms with Crippen LogP contribution >= 0.6 is 11.8 Å². The zero-order chi connectivity index (χ0) is 43.5. The van der Waals surface area contributed by atoms with Crippen LogP contribution in [0.3, 0.4) is 0 Å². The van der Waals surface area contributed by atoms with Crippen molar-refractivity contribution in [1.82, 2.24) is 20.1 Å². The quantitative estimate of drug-likeness (QED) is 0.287. The molecule has 2 N–H and O–H groups in total. The molecule has 0 aromatic carbocycles. The molecule has 0 amide bonds. The Morgan fingerprint density at radius 2 is 1.62 bits per heavy atom. The molecule has 0 bridgehead atoms. The summed E-state index contributed by atoms with van der Waals surface area (Å²) >= 11 is 2.25. The van der Waals surface area contributed by atoms with Crippen LogP contribution in [0.5, 0.6) is 0 Å². The van der Waals surface area contributed by atoms with E-state index in [9.17, 15) is 5.26 Å². The molecule has 15 atom stereocenters. The Hall–Kier alpha value is -3.18. The van der Waals surface area contributed by atoms with E-state index in [1.54, 1.807) is 21.7 Å². The standard InChI is InChI=1S/C59H75N5OS/c60-34-37-30-46(48-32-47(61-59(62-48)35-14-2-1-3-15-35)36-26-27-43-42-20-8-13-25-55(42)66-56(43)31-36)53(33-52(37)63-49-21-9-4-16-38(49)39-17-5-10-22-50(39)63)64-51-23-11-6-18-40(51)44-28-29-45-41-19-7-12-24-54(41)65-58(45)57(44)64/h4,10,16,22,26,28-29,31-32,35,37,41-46,48,52-55,57-59,61-62H,1-3,5-9,11-15,17-21,23-25,27,30,33H2. The third-order valence-electron chi connectivity index (χ3n) is 20.4. The number of ether oxygens (including phenoxy) is 1. The van der Waals surface area contributed by atoms with Gasteiger partial charge < -0.3 is 19.5 Å². The fraction of sp³-hybridized carbons (Fsp3) is 0.678. The van der Waals surface area contributed by atoms with Crippen LogP contribution < -0.4 is 10.6 Å². The predicted octanol–water partition coefficient (Wildman–Crippen LogP) is 12.6. The van der Waals surface area contributed by atoms with Gasteiger partial charge >= 0.3 is 0 Å². The van der Waals surface area contributed by atoms with Gasteiger partial charge in [0.25, 0.3) is 0 Å². The van der Waals surface area contributed by atoms with Crippen molar-refractivity contribution in [1.29, 1.82) is 5.26 Å². The molecule has 66 heavy (non-hydrogen) atoms. The lowest BCUT2D eigenvalue weighted by Gasteiger charge is -2.53. The smallest absolute Gasteiger partial charge is 0.0857 e. The molecule has 1 aromatic rings. The molecule has 2 saturated heterocycles. The minimum absolute atomic E-state index is 0.0486. The normalized spacial score (nSPS) is 42.3. The second kappa shape index (κ2) is 17.0. The summed E-state index contributed by atoms with van der Waals surface area (Å²) in [5, 5.41) is 21.2. The van der Waals surface area contributed by atoms with Crippen molar-refractivity contribution in [2.24, 2.45) is 47.3 Å². The van der Waals surface area contributed by atoms with E-state index in [0.717, 1.165) is 55.6 Å². The SMILES string of the molecule is N#CC1CC(C2C=C(C3=CCC4C(=C3)SC3CCCCC34)NC(C3CCCCC3)N2)C(N2C3=C(CCCC3)C3C=CC4C5CCCCC5OC4C32)CC1n1c2c(c3c1CCC=C3)CCC=C2. The van der Waals surface area contributed by atoms with Gasteiger partial charge in [0.2, 0.25) is 0 Å². The summed E-state index contributed by atoms with van der Waals surface area (Å²) in [6, 6.07) is 4.12. The molecular formula is C59H75N5OS. The van der Waals surface area contributed by atoms with Gasteiger partial charge in [0.05, 0.1) is 42.4 Å². The average Bonchev–Trinajstić information content (AvgIpc) is 4.14. The van der Waals surface area contributed by atoms with E-state index in [-0.39, 0.29) is 30.3 Å². The Kier molecular flexibility index (Phi) is 10.8. The second-order valence-corrected chi connectivity index (χ2v) is 24.9. The van der Waals surface area contributed by atoms with Gasteiger partial charge in [0.15, 0.2) is 0 Å². The van der Waals surface area contributed by atoms with Crippen LogP contribution in [0.4, 0.5) is 0 Å². The highest BCUT2D eigenvalue weighted by Crippen LogP contribution is 2.59. The lowest BCUT2D eigenvalue weighted by atomic mass is 9.68. The van der Waals surface area contributed by atoms with Crippen molar-refractivity contribution < 1.29 is 4.74 Å². The molecule has 15 unspecified atom stereocenters. The minimum Gasteiger partial charge on any atom is -0.372 e. The summed E-state index contributed by atoms with van der Waals surface area (Å²) in [5.41, 5.74) is 12.2. The predicted molar refractivity (Wildman–Crippen MR) is 268 cm³/mol. The first-order valence-electron chi connectivity index (χ1n) is 27.8. The highest BCUT2D eigenvalue weighted by molar-refractivity contribution is 8.04. The summed E-state index contributed by atoms with van der Waals surface area (Å²) in [4.78, 5) is 4.80. The van der Waals surface area contributed by atoms with Crippen molar-refractivity contribution in [2.75, 3.05) is 0 Å². The lowest BCUT2D eigenvalue weighted by Crippen LogP contribution is -2.62. The molecule has 348 valence electrons. The number of hydrogen-bond acceptors (Lipinski definition) is 6. The largest absolute Gasteiger partial charge is 0.372 e. The second-order valence-electron chi connectivity index (χ2n) is 23.6. The minimum atomic E-state index is -0.0486. The van der Waals surface area contributed by atoms with E-state index < -0.39 is 0 Å². The summed E-state index contributed by atoms with van der Waals surface area (Å²) < 4.78 is 10.3. The van der Waals surface area contributed by atoms with Gasteiger partial charge in [0.1, 0.15) is 0 Å². The number of hydrogen-bond donors (Lipinski definition) is 2. The number of nitrogens with one attached hydrogen (secondary N) is 2. The maximum atomic E-state index is 11.6. The summed E-state index contributed by atoms with van der Waals surface area (Å²) in [5.74, 6) is 4.14. The van der Waals surface area contributed by atoms with E-state index in [0.29, 0.717) is 47.8 Å². The third-order valence-corrected chi connectivity index (χ3v) is 22.0. The van der Waals surface area contributed by atoms with Crippen LogP contribution in [0, 0.1) is 58.7 Å². The first-order chi connectivity index (χ1) is 32.7. The first kappa shape index (κ1) is 41.8. The molecule has 9 aliphatic carbocycles. The number of aromatic nitrogens is 1. The van der Waals surface area contributed by atoms with Crippen LogP contribution in [-0.4, -0.2) is 51.2 Å². The van der Waals surface area contributed by atoms with E-state index in [1.165, 1.54) is 144 Å². The van der Waals surface area contributed by atoms with Crippen molar-refractivity contribution in [3.05, 3.63) is 92.5 Å². The summed E-state index contributed by atoms with van der Waals surface area (Å²) in [6.45, 7) is 0. The molecule has 13 aliphatic rings. The molecule has 14 rings (SSSR count). The molecule has 7 heteroatoms. The molecule has 6 fully saturated rings. The Morgan fingerprint density at radius 3 is 2.55 bits per heavy atom. The van der Waals surface area contributed by atoms with E-state index in [1.807, 2.05) is 0 Å². The van der Waals surface area contributed by atoms with Crippen LogP contribution in [0.1, 0.15) is 170 Å². The van der Waals surface area contributed by atoms with Gasteiger partial charge in [-0.15, -0.1) is 11.8 Å². The Labute approximate surface area is 400 Å². The summed E-state index contributed by atoms with van der Waals surface area (Å²) in [7, 11) is 0. The van der Waals surface area contributed by atoms with Crippen molar-refractivity contribution >= 4 is 23.9 Å². The van der Waals surface area contributed by atoms with Gasteiger partial charge in [-0.05, 0) is 184 Å². The zero-order valence-electron chi connectivity index (χ0n) is 39.6. The van der Waals surface area contributed by atoms with E-state index >= 15 is 0 Å². The number of nitriles is 1. The van der Waals surface area contributed by atoms with E-state index in [4.69, 9.17) is 4.74 Å². The van der Waals surface area contributed by atoms with Gasteiger partial charge in [-0.25, -0.2) is 0 Å². The van der Waals surface area contributed by atoms with Crippen LogP contribution in [-0.2, 0) is 17.6 Å². The van der Waals surface area contributed by atoms with Crippen LogP contribution in [0.25, 0.3) is 12.2 Å². The number of allylic oxidation sites excluding steroid dienone is 6. The van der Waals surface area contributed by atoms with Gasteiger partial charge in [-0.1, -0.05) is 81.4 Å².